The van der Waals surface area contributed by atoms with E-state index in [1.54, 1.807) is 12.1 Å². The smallest absolute Gasteiger partial charge is 0.263 e. The maximum Gasteiger partial charge on any atom is 0.263 e. The number of nitriles is 1. The zero-order valence-corrected chi connectivity index (χ0v) is 12.5. The van der Waals surface area contributed by atoms with E-state index in [9.17, 15) is 4.79 Å². The summed E-state index contributed by atoms with van der Waals surface area (Å²) in [4.78, 5) is 12.0. The van der Waals surface area contributed by atoms with Crippen molar-refractivity contribution in [3.63, 3.8) is 0 Å². The third-order valence-electron chi connectivity index (χ3n) is 3.55. The van der Waals surface area contributed by atoms with Crippen molar-refractivity contribution in [3.8, 4) is 6.07 Å². The van der Waals surface area contributed by atoms with Crippen molar-refractivity contribution >= 4 is 17.5 Å². The summed E-state index contributed by atoms with van der Waals surface area (Å²) >= 11 is 5.80. The Bertz CT molecular complexity index is 554. The molecule has 0 bridgehead atoms. The number of nitrogens with one attached hydrogen (secondary N) is 2. The minimum atomic E-state index is -0.363. The van der Waals surface area contributed by atoms with Crippen molar-refractivity contribution in [2.24, 2.45) is 0 Å². The maximum absolute atomic E-state index is 12.0. The number of hydrogen-bond donors (Lipinski definition) is 2. The van der Waals surface area contributed by atoms with E-state index in [0.717, 1.165) is 18.4 Å². The molecule has 0 unspecified atom stereocenters. The van der Waals surface area contributed by atoms with Gasteiger partial charge < -0.3 is 10.6 Å². The van der Waals surface area contributed by atoms with Crippen molar-refractivity contribution in [3.05, 3.63) is 46.6 Å². The van der Waals surface area contributed by atoms with Crippen LogP contribution in [0.25, 0.3) is 0 Å². The van der Waals surface area contributed by atoms with Gasteiger partial charge in [-0.2, -0.15) is 5.26 Å². The first-order valence-corrected chi connectivity index (χ1v) is 7.46. The number of halogens is 1. The second kappa shape index (κ2) is 7.70. The lowest BCUT2D eigenvalue weighted by Crippen LogP contribution is -2.27. The van der Waals surface area contributed by atoms with Crippen LogP contribution in [0.3, 0.4) is 0 Å². The lowest BCUT2D eigenvalue weighted by atomic mass is 10.2. The van der Waals surface area contributed by atoms with E-state index >= 15 is 0 Å². The van der Waals surface area contributed by atoms with Crippen LogP contribution in [0.15, 0.2) is 36.0 Å². The second-order valence-corrected chi connectivity index (χ2v) is 5.56. The molecule has 0 aliphatic heterocycles. The van der Waals surface area contributed by atoms with Crippen molar-refractivity contribution in [2.75, 3.05) is 0 Å². The number of nitrogens with zero attached hydrogens (tertiary/aromatic N) is 1. The predicted octanol–water partition coefficient (Wildman–Crippen LogP) is 2.90. The highest BCUT2D eigenvalue weighted by Gasteiger charge is 2.14. The molecule has 0 atom stereocenters. The van der Waals surface area contributed by atoms with Gasteiger partial charge in [0.2, 0.25) is 0 Å². The first kappa shape index (κ1) is 15.4. The van der Waals surface area contributed by atoms with Gasteiger partial charge in [-0.05, 0) is 30.5 Å². The maximum atomic E-state index is 12.0. The Balaban J connectivity index is 1.86. The molecule has 1 saturated carbocycles. The number of rotatable bonds is 5. The molecule has 4 nitrogen and oxygen atoms in total. The number of carbonyl (C=O) groups is 1. The molecule has 1 aromatic rings. The Morgan fingerprint density at radius 3 is 2.62 bits per heavy atom. The second-order valence-electron chi connectivity index (χ2n) is 5.13. The van der Waals surface area contributed by atoms with Crippen LogP contribution in [-0.2, 0) is 11.3 Å². The molecule has 0 heterocycles. The Morgan fingerprint density at radius 2 is 2.00 bits per heavy atom. The Kier molecular flexibility index (Phi) is 5.65. The molecule has 1 aromatic carbocycles. The van der Waals surface area contributed by atoms with Crippen LogP contribution >= 0.6 is 11.6 Å². The zero-order chi connectivity index (χ0) is 15.1. The highest BCUT2D eigenvalue weighted by molar-refractivity contribution is 6.30. The van der Waals surface area contributed by atoms with E-state index in [2.05, 4.69) is 10.6 Å². The summed E-state index contributed by atoms with van der Waals surface area (Å²) in [5.74, 6) is -0.363. The molecule has 0 radical (unpaired) electrons. The summed E-state index contributed by atoms with van der Waals surface area (Å²) in [5.41, 5.74) is 1.05. The van der Waals surface area contributed by atoms with Gasteiger partial charge in [-0.15, -0.1) is 0 Å². The molecule has 1 aliphatic rings. The van der Waals surface area contributed by atoms with Crippen LogP contribution in [0.2, 0.25) is 5.02 Å². The summed E-state index contributed by atoms with van der Waals surface area (Å²) in [5, 5.41) is 15.6. The van der Waals surface area contributed by atoms with Crippen LogP contribution in [-0.4, -0.2) is 11.9 Å². The van der Waals surface area contributed by atoms with Gasteiger partial charge in [0.25, 0.3) is 5.91 Å². The lowest BCUT2D eigenvalue weighted by molar-refractivity contribution is -0.117. The van der Waals surface area contributed by atoms with Crippen molar-refractivity contribution in [2.45, 2.75) is 38.3 Å². The predicted molar refractivity (Wildman–Crippen MR) is 82.4 cm³/mol. The molecule has 2 rings (SSSR count). The van der Waals surface area contributed by atoms with Gasteiger partial charge in [-0.25, -0.2) is 0 Å². The first-order chi connectivity index (χ1) is 10.2. The summed E-state index contributed by atoms with van der Waals surface area (Å²) in [6.45, 7) is 0.373. The van der Waals surface area contributed by atoms with E-state index < -0.39 is 0 Å². The third-order valence-corrected chi connectivity index (χ3v) is 3.80. The fourth-order valence-electron chi connectivity index (χ4n) is 2.32. The molecular formula is C16H18ClN3O. The van der Waals surface area contributed by atoms with Crippen molar-refractivity contribution in [1.29, 1.82) is 5.26 Å². The molecule has 1 aliphatic carbocycles. The molecule has 1 fully saturated rings. The van der Waals surface area contributed by atoms with E-state index in [1.165, 1.54) is 19.0 Å². The van der Waals surface area contributed by atoms with Crippen LogP contribution in [0.5, 0.6) is 0 Å². The van der Waals surface area contributed by atoms with Crippen molar-refractivity contribution in [1.82, 2.24) is 10.6 Å². The standard InChI is InChI=1S/C16H18ClN3O/c17-14-7-5-12(6-8-14)10-20-16(21)13(9-18)11-19-15-3-1-2-4-15/h5-8,11,15,19H,1-4,10H2,(H,20,21)/b13-11-. The molecular weight excluding hydrogens is 286 g/mol. The number of hydrogen-bond acceptors (Lipinski definition) is 3. The average Bonchev–Trinajstić information content (AvgIpc) is 3.00. The average molecular weight is 304 g/mol. The molecule has 1 amide bonds. The zero-order valence-electron chi connectivity index (χ0n) is 11.7. The molecule has 110 valence electrons. The summed E-state index contributed by atoms with van der Waals surface area (Å²) < 4.78 is 0. The fraction of sp³-hybridized carbons (Fsp3) is 0.375. The monoisotopic (exact) mass is 303 g/mol. The van der Waals surface area contributed by atoms with Gasteiger partial charge in [0.05, 0.1) is 0 Å². The largest absolute Gasteiger partial charge is 0.387 e. The molecule has 21 heavy (non-hydrogen) atoms. The van der Waals surface area contributed by atoms with Crippen LogP contribution in [0.1, 0.15) is 31.2 Å². The van der Waals surface area contributed by atoms with Gasteiger partial charge in [0.15, 0.2) is 0 Å². The van der Waals surface area contributed by atoms with Gasteiger partial charge in [-0.1, -0.05) is 36.6 Å². The van der Waals surface area contributed by atoms with E-state index in [0.29, 0.717) is 17.6 Å². The minimum absolute atomic E-state index is 0.107. The Hall–Kier alpha value is -1.99. The normalized spacial score (nSPS) is 15.5. The van der Waals surface area contributed by atoms with E-state index in [-0.39, 0.29) is 11.5 Å². The summed E-state index contributed by atoms with van der Waals surface area (Å²) in [6, 6.07) is 9.55. The summed E-state index contributed by atoms with van der Waals surface area (Å²) in [7, 11) is 0. The highest BCUT2D eigenvalue weighted by atomic mass is 35.5. The number of carbonyl (C=O) groups excluding carboxylic acids is 1. The van der Waals surface area contributed by atoms with Crippen LogP contribution < -0.4 is 10.6 Å². The van der Waals surface area contributed by atoms with Gasteiger partial charge in [0, 0.05) is 23.8 Å². The van der Waals surface area contributed by atoms with Crippen LogP contribution in [0, 0.1) is 11.3 Å². The SMILES string of the molecule is N#C/C(=C/NC1CCCC1)C(=O)NCc1ccc(Cl)cc1. The number of amides is 1. The molecule has 0 saturated heterocycles. The molecule has 0 spiro atoms. The van der Waals surface area contributed by atoms with Crippen LogP contribution in [0.4, 0.5) is 0 Å². The van der Waals surface area contributed by atoms with Gasteiger partial charge in [0.1, 0.15) is 11.6 Å². The van der Waals surface area contributed by atoms with E-state index in [1.807, 2.05) is 18.2 Å². The fourth-order valence-corrected chi connectivity index (χ4v) is 2.45. The first-order valence-electron chi connectivity index (χ1n) is 7.08. The highest BCUT2D eigenvalue weighted by Crippen LogP contribution is 2.17. The lowest BCUT2D eigenvalue weighted by Gasteiger charge is -2.09. The van der Waals surface area contributed by atoms with Gasteiger partial charge >= 0.3 is 0 Å². The Labute approximate surface area is 129 Å². The minimum Gasteiger partial charge on any atom is -0.387 e. The number of benzene rings is 1. The summed E-state index contributed by atoms with van der Waals surface area (Å²) in [6.07, 6.45) is 6.14. The van der Waals surface area contributed by atoms with Crippen molar-refractivity contribution < 1.29 is 4.79 Å². The topological polar surface area (TPSA) is 64.9 Å². The Morgan fingerprint density at radius 1 is 1.33 bits per heavy atom. The van der Waals surface area contributed by atoms with E-state index in [4.69, 9.17) is 16.9 Å². The molecule has 0 aromatic heterocycles. The van der Waals surface area contributed by atoms with Gasteiger partial charge in [-0.3, -0.25) is 4.79 Å². The third kappa shape index (κ3) is 4.80. The molecule has 5 heteroatoms. The quantitative estimate of drug-likeness (QED) is 0.649. The molecule has 2 N–H and O–H groups in total.